The summed E-state index contributed by atoms with van der Waals surface area (Å²) in [6.45, 7) is 13.8. The van der Waals surface area contributed by atoms with Crippen LogP contribution in [0.4, 0.5) is 21.0 Å². The minimum atomic E-state index is -1.04. The highest BCUT2D eigenvalue weighted by molar-refractivity contribution is 6.05. The van der Waals surface area contributed by atoms with Crippen molar-refractivity contribution in [1.29, 1.82) is 0 Å². The number of hydrogen-bond donors (Lipinski definition) is 7. The molecule has 16 nitrogen and oxygen atoms in total. The van der Waals surface area contributed by atoms with Crippen molar-refractivity contribution in [2.75, 3.05) is 30.3 Å². The number of anilines is 2. The molecule has 98 heavy (non-hydrogen) atoms. The Morgan fingerprint density at radius 3 is 1.40 bits per heavy atom. The van der Waals surface area contributed by atoms with Gasteiger partial charge in [-0.3, -0.25) is 19.7 Å². The fourth-order valence-electron chi connectivity index (χ4n) is 13.6. The van der Waals surface area contributed by atoms with Crippen molar-refractivity contribution in [3.05, 3.63) is 273 Å². The molecule has 0 saturated carbocycles. The highest BCUT2D eigenvalue weighted by atomic mass is 16.3. The van der Waals surface area contributed by atoms with E-state index in [1.54, 1.807) is 54.0 Å². The van der Waals surface area contributed by atoms with Crippen molar-refractivity contribution in [2.24, 2.45) is 0 Å². The number of urea groups is 2. The first-order valence-electron chi connectivity index (χ1n) is 33.1. The number of pyridine rings is 3. The van der Waals surface area contributed by atoms with E-state index in [2.05, 4.69) is 154 Å². The molecule has 488 valence electrons. The lowest BCUT2D eigenvalue weighted by Crippen LogP contribution is -2.51. The van der Waals surface area contributed by atoms with Gasteiger partial charge in [0.05, 0.1) is 34.2 Å². The Morgan fingerprint density at radius 2 is 0.929 bits per heavy atom. The number of carbonyl (C=O) groups excluding carboxylic acids is 3. The number of hydrogen-bond acceptors (Lipinski definition) is 9. The van der Waals surface area contributed by atoms with Gasteiger partial charge in [-0.1, -0.05) is 102 Å². The molecule has 1 unspecified atom stereocenters. The lowest BCUT2D eigenvalue weighted by molar-refractivity contribution is -0.133. The number of phenols is 1. The molecule has 2 aliphatic heterocycles. The van der Waals surface area contributed by atoms with Crippen LogP contribution in [0.15, 0.2) is 195 Å². The minimum absolute atomic E-state index is 0.0871. The first-order chi connectivity index (χ1) is 47.7. The average molecular weight is 1290 g/mol. The lowest BCUT2D eigenvalue weighted by atomic mass is 9.92. The quantitative estimate of drug-likeness (QED) is 0.0409. The number of aryl methyl sites for hydroxylation is 6. The molecule has 0 fully saturated rings. The number of fused-ring (bicyclic) bond motifs is 8. The maximum Gasteiger partial charge on any atom is 0.319 e. The van der Waals surface area contributed by atoms with Crippen LogP contribution in [-0.2, 0) is 30.5 Å². The van der Waals surface area contributed by atoms with Gasteiger partial charge in [-0.2, -0.15) is 0 Å². The normalized spacial score (nSPS) is 11.9. The number of nitrogens with zero attached hydrogens (tertiary/aromatic N) is 6. The Bertz CT molecular complexity index is 4920. The van der Waals surface area contributed by atoms with Gasteiger partial charge in [0.2, 0.25) is 5.91 Å². The van der Waals surface area contributed by atoms with Crippen molar-refractivity contribution in [2.45, 2.75) is 73.3 Å². The van der Waals surface area contributed by atoms with Crippen molar-refractivity contribution in [3.63, 3.8) is 0 Å². The Kier molecular flexibility index (Phi) is 19.1. The number of phenolic OH excluding ortho intramolecular Hbond substituents is 1. The van der Waals surface area contributed by atoms with Gasteiger partial charge in [0, 0.05) is 131 Å². The summed E-state index contributed by atoms with van der Waals surface area (Å²) < 4.78 is 0. The van der Waals surface area contributed by atoms with Crippen molar-refractivity contribution < 1.29 is 19.5 Å². The number of nitrogens with one attached hydrogen (secondary N) is 6. The molecule has 16 heteroatoms. The molecule has 13 rings (SSSR count). The number of para-hydroxylation sites is 2. The van der Waals surface area contributed by atoms with Gasteiger partial charge in [-0.25, -0.2) is 19.6 Å². The third kappa shape index (κ3) is 14.5. The number of benzene rings is 5. The lowest BCUT2D eigenvalue weighted by Gasteiger charge is -2.28. The standard InChI is InChI=1S/C82H76N12O4/c1-50-44-52(3)74(53(4)45-50)78-69-31-27-65(87-69)76(61-19-7-9-21-63(61)91-81(97)86-41-35-57-16-15-38-83-49-57)66-28-32-70(88-66)79(75-54(5)46-51(2)47-55(75)6)72-34-30-68(90-72)77(67-29-33-71(78)89-67)62-20-8-10-22-64(62)92-82(98)93-73(48-56-23-25-60(95)26-24-56)80(96)94(42-36-58-17-11-13-39-84-58)43-37-59-18-12-14-40-85-59/h7-34,38-40,44-47,49,73,87,90,95H,35-37,41-43,48H2,1-6H3,(H2,86,91,97)(H2,92,93,98). The van der Waals surface area contributed by atoms with E-state index in [4.69, 9.17) is 9.97 Å². The van der Waals surface area contributed by atoms with E-state index in [-0.39, 0.29) is 24.1 Å². The summed E-state index contributed by atoms with van der Waals surface area (Å²) >= 11 is 0. The van der Waals surface area contributed by atoms with E-state index in [1.807, 2.05) is 103 Å². The largest absolute Gasteiger partial charge is 0.508 e. The molecule has 0 spiro atoms. The molecule has 7 N–H and O–H groups in total. The first-order valence-corrected chi connectivity index (χ1v) is 33.1. The maximum absolute atomic E-state index is 15.3. The Morgan fingerprint density at radius 1 is 0.469 bits per heavy atom. The van der Waals surface area contributed by atoms with Crippen LogP contribution in [0.2, 0.25) is 0 Å². The number of aromatic nitrogens is 7. The molecule has 11 aromatic rings. The van der Waals surface area contributed by atoms with Gasteiger partial charge in [-0.15, -0.1) is 0 Å². The Labute approximate surface area is 569 Å². The summed E-state index contributed by atoms with van der Waals surface area (Å²) in [6.07, 6.45) is 17.0. The van der Waals surface area contributed by atoms with Gasteiger partial charge in [0.15, 0.2) is 0 Å². The van der Waals surface area contributed by atoms with Gasteiger partial charge < -0.3 is 41.2 Å². The summed E-state index contributed by atoms with van der Waals surface area (Å²) in [6, 6.07) is 52.6. The highest BCUT2D eigenvalue weighted by Crippen LogP contribution is 2.43. The molecule has 6 aromatic heterocycles. The summed E-state index contributed by atoms with van der Waals surface area (Å²) in [5.74, 6) is -0.196. The Balaban J connectivity index is 0.974. The number of amides is 5. The topological polar surface area (TPSA) is 219 Å². The smallest absolute Gasteiger partial charge is 0.319 e. The van der Waals surface area contributed by atoms with Crippen LogP contribution >= 0.6 is 0 Å². The van der Waals surface area contributed by atoms with Crippen LogP contribution in [0.25, 0.3) is 90.9 Å². The van der Waals surface area contributed by atoms with Crippen LogP contribution in [0.1, 0.15) is 78.7 Å². The van der Waals surface area contributed by atoms with E-state index in [0.29, 0.717) is 89.7 Å². The zero-order valence-corrected chi connectivity index (χ0v) is 55.7. The molecular weight excluding hydrogens is 1220 g/mol. The summed E-state index contributed by atoms with van der Waals surface area (Å²) in [5, 5.41) is 22.9. The van der Waals surface area contributed by atoms with Crippen LogP contribution < -0.4 is 21.3 Å². The number of H-pyrrole nitrogens is 2. The first kappa shape index (κ1) is 64.7. The molecule has 5 aromatic carbocycles. The fourth-order valence-corrected chi connectivity index (χ4v) is 13.6. The predicted molar refractivity (Wildman–Crippen MR) is 394 cm³/mol. The zero-order chi connectivity index (χ0) is 67.8. The third-order valence-corrected chi connectivity index (χ3v) is 17.9. The van der Waals surface area contributed by atoms with Gasteiger partial charge in [0.25, 0.3) is 0 Å². The van der Waals surface area contributed by atoms with Crippen LogP contribution in [0.3, 0.4) is 0 Å². The third-order valence-electron chi connectivity index (χ3n) is 17.9. The molecule has 5 amide bonds. The average Bonchev–Trinajstić information content (AvgIpc) is 1.58. The highest BCUT2D eigenvalue weighted by Gasteiger charge is 2.29. The molecule has 1 atom stereocenters. The number of aromatic hydroxyl groups is 1. The van der Waals surface area contributed by atoms with Gasteiger partial charge in [-0.05, 0) is 196 Å². The van der Waals surface area contributed by atoms with Gasteiger partial charge in [0.1, 0.15) is 11.8 Å². The fraction of sp³-hybridized carbons (Fsp3) is 0.171. The second kappa shape index (κ2) is 28.9. The maximum atomic E-state index is 15.3. The predicted octanol–water partition coefficient (Wildman–Crippen LogP) is 16.5. The monoisotopic (exact) mass is 1290 g/mol. The van der Waals surface area contributed by atoms with E-state index >= 15 is 9.59 Å². The molecule has 0 aliphatic carbocycles. The number of carbonyl (C=O) groups is 3. The number of aromatic amines is 2. The van der Waals surface area contributed by atoms with Crippen molar-refractivity contribution in [1.82, 2.24) is 50.4 Å². The molecule has 8 heterocycles. The summed E-state index contributed by atoms with van der Waals surface area (Å²) in [5.41, 5.74) is 23.5. The van der Waals surface area contributed by atoms with Crippen molar-refractivity contribution >= 4 is 75.7 Å². The Hall–Kier alpha value is -12.0. The summed E-state index contributed by atoms with van der Waals surface area (Å²) in [4.78, 5) is 78.5. The van der Waals surface area contributed by atoms with E-state index in [9.17, 15) is 9.90 Å². The SMILES string of the molecule is Cc1cc(C)c(-c2c3nc(c(-c4ccccc4NC(=O)NC(Cc4ccc(O)cc4)C(=O)N(CCc4ccccn4)CCc4ccccn4)c4ccc([nH]4)c(-c4c(C)cc(C)cc4C)c4nc(c(-c5ccccc5NC(=O)NCCc5cccnc5)c5ccc2[nH]5)C=C4)C=C3)c(C)c1. The van der Waals surface area contributed by atoms with Gasteiger partial charge >= 0.3 is 12.1 Å². The van der Waals surface area contributed by atoms with Crippen LogP contribution in [0.5, 0.6) is 5.75 Å². The van der Waals surface area contributed by atoms with E-state index in [1.165, 1.54) is 0 Å². The second-order valence-corrected chi connectivity index (χ2v) is 25.1. The molecule has 0 radical (unpaired) electrons. The molecule has 0 saturated heterocycles. The minimum Gasteiger partial charge on any atom is -0.508 e. The molecule has 8 bridgehead atoms. The molecule has 2 aliphatic rings. The van der Waals surface area contributed by atoms with Crippen molar-refractivity contribution in [3.8, 4) is 50.3 Å². The van der Waals surface area contributed by atoms with E-state index < -0.39 is 12.1 Å². The van der Waals surface area contributed by atoms with E-state index in [0.717, 1.165) is 106 Å². The number of rotatable bonds is 19. The molecular formula is C82H76N12O4. The van der Waals surface area contributed by atoms with Crippen LogP contribution in [-0.4, -0.2) is 88.5 Å². The van der Waals surface area contributed by atoms with Crippen LogP contribution in [0, 0.1) is 41.5 Å². The summed E-state index contributed by atoms with van der Waals surface area (Å²) in [7, 11) is 0. The zero-order valence-electron chi connectivity index (χ0n) is 55.7. The second-order valence-electron chi connectivity index (χ2n) is 25.1.